The number of imide groups is 1. The van der Waals surface area contributed by atoms with Gasteiger partial charge in [0.25, 0.3) is 11.8 Å². The highest BCUT2D eigenvalue weighted by molar-refractivity contribution is 6.30. The zero-order chi connectivity index (χ0) is 16.4. The van der Waals surface area contributed by atoms with Crippen molar-refractivity contribution in [3.05, 3.63) is 58.1 Å². The number of benzene rings is 2. The quantitative estimate of drug-likeness (QED) is 0.581. The minimum absolute atomic E-state index is 0.183. The molecule has 0 fully saturated rings. The smallest absolute Gasteiger partial charge is 0.261 e. The summed E-state index contributed by atoms with van der Waals surface area (Å²) in [5.41, 5.74) is 2.26. The van der Waals surface area contributed by atoms with Gasteiger partial charge in [0.05, 0.1) is 11.1 Å². The van der Waals surface area contributed by atoms with Crippen LogP contribution in [-0.4, -0.2) is 23.5 Å². The van der Waals surface area contributed by atoms with Crippen LogP contribution in [-0.2, 0) is 6.42 Å². The Kier molecular flexibility index (Phi) is 4.21. The molecule has 0 spiro atoms. The second-order valence-electron chi connectivity index (χ2n) is 5.31. The lowest BCUT2D eigenvalue weighted by atomic mass is 10.1. The molecule has 0 saturated heterocycles. The molecule has 2 amide bonds. The molecule has 0 aliphatic carbocycles. The second kappa shape index (κ2) is 6.30. The van der Waals surface area contributed by atoms with Gasteiger partial charge in [0, 0.05) is 17.3 Å². The van der Waals surface area contributed by atoms with E-state index in [1.54, 1.807) is 30.3 Å². The molecule has 3 rings (SSSR count). The van der Waals surface area contributed by atoms with E-state index in [0.717, 1.165) is 12.0 Å². The van der Waals surface area contributed by atoms with Gasteiger partial charge < -0.3 is 10.4 Å². The summed E-state index contributed by atoms with van der Waals surface area (Å²) in [7, 11) is 0. The van der Waals surface area contributed by atoms with Crippen molar-refractivity contribution < 1.29 is 14.7 Å². The number of rotatable bonds is 5. The maximum absolute atomic E-state index is 11.8. The van der Waals surface area contributed by atoms with Crippen molar-refractivity contribution in [1.29, 1.82) is 0 Å². The van der Waals surface area contributed by atoms with E-state index in [1.165, 1.54) is 6.07 Å². The van der Waals surface area contributed by atoms with Crippen LogP contribution in [0.25, 0.3) is 0 Å². The molecule has 1 heterocycles. The van der Waals surface area contributed by atoms with E-state index in [4.69, 9.17) is 11.6 Å². The van der Waals surface area contributed by atoms with E-state index >= 15 is 0 Å². The van der Waals surface area contributed by atoms with Crippen LogP contribution in [0.15, 0.2) is 36.4 Å². The molecule has 5 nitrogen and oxygen atoms in total. The number of aromatic hydroxyl groups is 1. The van der Waals surface area contributed by atoms with E-state index in [-0.39, 0.29) is 17.6 Å². The highest BCUT2D eigenvalue weighted by Gasteiger charge is 2.28. The predicted molar refractivity (Wildman–Crippen MR) is 88.2 cm³/mol. The molecule has 1 aliphatic rings. The van der Waals surface area contributed by atoms with Gasteiger partial charge in [-0.15, -0.1) is 0 Å². The van der Waals surface area contributed by atoms with Crippen molar-refractivity contribution in [2.24, 2.45) is 0 Å². The van der Waals surface area contributed by atoms with Crippen molar-refractivity contribution in [2.45, 2.75) is 12.8 Å². The van der Waals surface area contributed by atoms with Crippen molar-refractivity contribution in [1.82, 2.24) is 5.32 Å². The summed E-state index contributed by atoms with van der Waals surface area (Å²) in [6, 6.07) is 10.2. The molecular formula is C17H15ClN2O3. The minimum Gasteiger partial charge on any atom is -0.508 e. The maximum atomic E-state index is 11.8. The number of carbonyl (C=O) groups is 2. The number of amides is 2. The number of fused-ring (bicyclic) bond motifs is 1. The number of phenols is 1. The van der Waals surface area contributed by atoms with Crippen LogP contribution in [0.5, 0.6) is 5.75 Å². The van der Waals surface area contributed by atoms with Gasteiger partial charge in [-0.1, -0.05) is 23.7 Å². The van der Waals surface area contributed by atoms with Gasteiger partial charge in [0.1, 0.15) is 5.75 Å². The van der Waals surface area contributed by atoms with E-state index < -0.39 is 0 Å². The first-order valence-electron chi connectivity index (χ1n) is 7.26. The molecule has 0 radical (unpaired) electrons. The van der Waals surface area contributed by atoms with Crippen LogP contribution in [0, 0.1) is 0 Å². The summed E-state index contributed by atoms with van der Waals surface area (Å²) < 4.78 is 0. The Hall–Kier alpha value is -2.53. The first kappa shape index (κ1) is 15.4. The lowest BCUT2D eigenvalue weighted by molar-refractivity contribution is 0.0880. The third-order valence-corrected chi connectivity index (χ3v) is 3.98. The van der Waals surface area contributed by atoms with Crippen LogP contribution in [0.2, 0.25) is 5.02 Å². The molecule has 0 bridgehead atoms. The summed E-state index contributed by atoms with van der Waals surface area (Å²) in [6.45, 7) is 0.611. The summed E-state index contributed by atoms with van der Waals surface area (Å²) in [4.78, 5) is 23.4. The molecule has 23 heavy (non-hydrogen) atoms. The average molecular weight is 331 g/mol. The lowest BCUT2D eigenvalue weighted by Gasteiger charge is -2.10. The third kappa shape index (κ3) is 3.14. The molecule has 6 heteroatoms. The monoisotopic (exact) mass is 330 g/mol. The van der Waals surface area contributed by atoms with Gasteiger partial charge in [0.2, 0.25) is 0 Å². The fourth-order valence-electron chi connectivity index (χ4n) is 2.62. The molecular weight excluding hydrogens is 316 g/mol. The molecule has 118 valence electrons. The van der Waals surface area contributed by atoms with Gasteiger partial charge in [-0.25, -0.2) is 0 Å². The largest absolute Gasteiger partial charge is 0.508 e. The highest BCUT2D eigenvalue weighted by atomic mass is 35.5. The van der Waals surface area contributed by atoms with E-state index in [2.05, 4.69) is 10.6 Å². The van der Waals surface area contributed by atoms with Crippen LogP contribution >= 0.6 is 11.6 Å². The van der Waals surface area contributed by atoms with Crippen LogP contribution < -0.4 is 10.6 Å². The molecule has 0 atom stereocenters. The number of hydrogen-bond acceptors (Lipinski definition) is 4. The SMILES string of the molecule is O=C1NC(=O)c2c(NCCCc3ccc(Cl)cc3O)cccc21. The van der Waals surface area contributed by atoms with E-state index in [1.807, 2.05) is 0 Å². The molecule has 1 aliphatic heterocycles. The minimum atomic E-state index is -0.372. The Morgan fingerprint density at radius 2 is 1.96 bits per heavy atom. The van der Waals surface area contributed by atoms with Crippen molar-refractivity contribution in [3.63, 3.8) is 0 Å². The van der Waals surface area contributed by atoms with E-state index in [0.29, 0.717) is 34.8 Å². The molecule has 3 N–H and O–H groups in total. The Labute approximate surface area is 138 Å². The molecule has 2 aromatic rings. The number of anilines is 1. The Morgan fingerprint density at radius 1 is 1.13 bits per heavy atom. The maximum Gasteiger partial charge on any atom is 0.261 e. The zero-order valence-electron chi connectivity index (χ0n) is 12.2. The topological polar surface area (TPSA) is 78.4 Å². The normalized spacial score (nSPS) is 12.9. The summed E-state index contributed by atoms with van der Waals surface area (Å²) in [5, 5.41) is 15.8. The first-order chi connectivity index (χ1) is 11.1. The van der Waals surface area contributed by atoms with Crippen LogP contribution in [0.4, 0.5) is 5.69 Å². The molecule has 0 unspecified atom stereocenters. The number of aryl methyl sites for hydroxylation is 1. The summed E-state index contributed by atoms with van der Waals surface area (Å²) in [5.74, 6) is -0.550. The number of halogens is 1. The number of phenolic OH excluding ortho intramolecular Hbond substituents is 1. The molecule has 2 aromatic carbocycles. The lowest BCUT2D eigenvalue weighted by Crippen LogP contribution is -2.20. The van der Waals surface area contributed by atoms with Crippen molar-refractivity contribution >= 4 is 29.1 Å². The summed E-state index contributed by atoms with van der Waals surface area (Å²) >= 11 is 5.80. The van der Waals surface area contributed by atoms with Gasteiger partial charge in [0.15, 0.2) is 0 Å². The van der Waals surface area contributed by atoms with Crippen LogP contribution in [0.1, 0.15) is 32.7 Å². The van der Waals surface area contributed by atoms with Crippen molar-refractivity contribution in [2.75, 3.05) is 11.9 Å². The molecule has 0 aromatic heterocycles. The Balaban J connectivity index is 1.62. The predicted octanol–water partition coefficient (Wildman–Crippen LogP) is 2.97. The summed E-state index contributed by atoms with van der Waals surface area (Å²) in [6.07, 6.45) is 1.44. The standard InChI is InChI=1S/C17H15ClN2O3/c18-11-7-6-10(14(21)9-11)3-2-8-19-13-5-1-4-12-15(13)17(23)20-16(12)22/h1,4-7,9,19,21H,2-3,8H2,(H,20,22,23). The van der Waals surface area contributed by atoms with Gasteiger partial charge in [-0.3, -0.25) is 14.9 Å². The molecule has 0 saturated carbocycles. The third-order valence-electron chi connectivity index (χ3n) is 3.75. The Morgan fingerprint density at radius 3 is 2.74 bits per heavy atom. The first-order valence-corrected chi connectivity index (χ1v) is 7.64. The van der Waals surface area contributed by atoms with Gasteiger partial charge in [-0.05, 0) is 42.7 Å². The zero-order valence-corrected chi connectivity index (χ0v) is 13.0. The van der Waals surface area contributed by atoms with Crippen LogP contribution in [0.3, 0.4) is 0 Å². The van der Waals surface area contributed by atoms with E-state index in [9.17, 15) is 14.7 Å². The number of nitrogens with one attached hydrogen (secondary N) is 2. The fraction of sp³-hybridized carbons (Fsp3) is 0.176. The average Bonchev–Trinajstić information content (AvgIpc) is 2.81. The second-order valence-corrected chi connectivity index (χ2v) is 5.75. The number of hydrogen-bond donors (Lipinski definition) is 3. The number of carbonyl (C=O) groups excluding carboxylic acids is 2. The van der Waals surface area contributed by atoms with Crippen molar-refractivity contribution in [3.8, 4) is 5.75 Å². The fourth-order valence-corrected chi connectivity index (χ4v) is 2.78. The Bertz CT molecular complexity index is 789. The highest BCUT2D eigenvalue weighted by Crippen LogP contribution is 2.25. The van der Waals surface area contributed by atoms with Gasteiger partial charge in [-0.2, -0.15) is 0 Å². The van der Waals surface area contributed by atoms with Gasteiger partial charge >= 0.3 is 0 Å².